The zero-order valence-electron chi connectivity index (χ0n) is 11.7. The highest BCUT2D eigenvalue weighted by atomic mass is 16.5. The molecule has 2 saturated heterocycles. The van der Waals surface area contributed by atoms with Crippen LogP contribution in [0, 0.1) is 17.2 Å². The number of hydrogen-bond donors (Lipinski definition) is 0. The summed E-state index contributed by atoms with van der Waals surface area (Å²) in [5.74, 6) is 0.814. The lowest BCUT2D eigenvalue weighted by atomic mass is 9.99. The van der Waals surface area contributed by atoms with Crippen LogP contribution >= 0.6 is 0 Å². The maximum atomic E-state index is 9.15. The fourth-order valence-electron chi connectivity index (χ4n) is 2.85. The van der Waals surface area contributed by atoms with Gasteiger partial charge in [0.15, 0.2) is 0 Å². The lowest BCUT2D eigenvalue weighted by Crippen LogP contribution is -2.54. The minimum absolute atomic E-state index is 0.315. The Kier molecular flexibility index (Phi) is 4.60. The lowest BCUT2D eigenvalue weighted by Gasteiger charge is -2.41. The molecule has 2 aliphatic heterocycles. The second-order valence-corrected chi connectivity index (χ2v) is 6.01. The van der Waals surface area contributed by atoms with Crippen LogP contribution in [0.1, 0.15) is 26.7 Å². The first-order chi connectivity index (χ1) is 8.62. The van der Waals surface area contributed by atoms with E-state index in [1.54, 1.807) is 0 Å². The summed E-state index contributed by atoms with van der Waals surface area (Å²) in [6, 6.07) is 2.40. The summed E-state index contributed by atoms with van der Waals surface area (Å²) < 4.78 is 5.40. The molecule has 0 aromatic carbocycles. The van der Waals surface area contributed by atoms with Gasteiger partial charge in [-0.2, -0.15) is 5.26 Å². The summed E-state index contributed by atoms with van der Waals surface area (Å²) in [6.07, 6.45) is 2.42. The molecule has 0 saturated carbocycles. The summed E-state index contributed by atoms with van der Waals surface area (Å²) in [7, 11) is 0. The summed E-state index contributed by atoms with van der Waals surface area (Å²) in [4.78, 5) is 4.85. The van der Waals surface area contributed by atoms with Crippen molar-refractivity contribution in [1.82, 2.24) is 9.80 Å². The number of ether oxygens (including phenoxy) is 1. The highest BCUT2D eigenvalue weighted by molar-refractivity contribution is 5.02. The van der Waals surface area contributed by atoms with Gasteiger partial charge in [-0.15, -0.1) is 0 Å². The average Bonchev–Trinajstić information content (AvgIpc) is 2.40. The Morgan fingerprint density at radius 3 is 2.33 bits per heavy atom. The molecule has 2 rings (SSSR count). The maximum absolute atomic E-state index is 9.15. The normalized spacial score (nSPS) is 24.9. The first kappa shape index (κ1) is 13.8. The largest absolute Gasteiger partial charge is 0.381 e. The van der Waals surface area contributed by atoms with Crippen molar-refractivity contribution in [2.24, 2.45) is 5.92 Å². The molecule has 4 nitrogen and oxygen atoms in total. The summed E-state index contributed by atoms with van der Waals surface area (Å²) in [5, 5.41) is 9.15. The van der Waals surface area contributed by atoms with Gasteiger partial charge >= 0.3 is 0 Å². The summed E-state index contributed by atoms with van der Waals surface area (Å²) >= 11 is 0. The zero-order chi connectivity index (χ0) is 13.0. The third-order valence-corrected chi connectivity index (χ3v) is 4.29. The molecule has 0 bridgehead atoms. The molecule has 0 radical (unpaired) electrons. The Morgan fingerprint density at radius 2 is 1.78 bits per heavy atom. The van der Waals surface area contributed by atoms with Crippen LogP contribution < -0.4 is 0 Å². The molecule has 4 heteroatoms. The van der Waals surface area contributed by atoms with Gasteiger partial charge in [0.1, 0.15) is 5.54 Å². The predicted molar refractivity (Wildman–Crippen MR) is 71.2 cm³/mol. The van der Waals surface area contributed by atoms with Crippen LogP contribution in [-0.4, -0.2) is 61.3 Å². The van der Waals surface area contributed by atoms with E-state index in [1.165, 1.54) is 19.4 Å². The van der Waals surface area contributed by atoms with Crippen LogP contribution in [0.2, 0.25) is 0 Å². The summed E-state index contributed by atoms with van der Waals surface area (Å²) in [6.45, 7) is 11.4. The van der Waals surface area contributed by atoms with Gasteiger partial charge in [-0.3, -0.25) is 4.90 Å². The second-order valence-electron chi connectivity index (χ2n) is 6.01. The van der Waals surface area contributed by atoms with E-state index in [9.17, 15) is 0 Å². The lowest BCUT2D eigenvalue weighted by molar-refractivity contribution is 0.0325. The average molecular weight is 251 g/mol. The van der Waals surface area contributed by atoms with Crippen LogP contribution in [0.5, 0.6) is 0 Å². The second kappa shape index (κ2) is 6.01. The number of nitriles is 1. The number of nitrogens with zero attached hydrogens (tertiary/aromatic N) is 3. The van der Waals surface area contributed by atoms with Crippen LogP contribution in [0.15, 0.2) is 0 Å². The van der Waals surface area contributed by atoms with Crippen LogP contribution in [0.4, 0.5) is 0 Å². The van der Waals surface area contributed by atoms with Gasteiger partial charge in [-0.25, -0.2) is 0 Å². The van der Waals surface area contributed by atoms with Gasteiger partial charge in [0.05, 0.1) is 6.07 Å². The van der Waals surface area contributed by atoms with Crippen molar-refractivity contribution in [3.8, 4) is 6.07 Å². The molecule has 0 N–H and O–H groups in total. The molecule has 2 aliphatic rings. The fraction of sp³-hybridized carbons (Fsp3) is 0.929. The molecule has 18 heavy (non-hydrogen) atoms. The van der Waals surface area contributed by atoms with Crippen molar-refractivity contribution in [2.75, 3.05) is 45.9 Å². The molecule has 0 aromatic heterocycles. The van der Waals surface area contributed by atoms with Gasteiger partial charge in [0.2, 0.25) is 0 Å². The van der Waals surface area contributed by atoms with Crippen LogP contribution in [0.25, 0.3) is 0 Å². The number of hydrogen-bond acceptors (Lipinski definition) is 4. The molecule has 0 amide bonds. The van der Waals surface area contributed by atoms with Crippen molar-refractivity contribution in [3.05, 3.63) is 0 Å². The van der Waals surface area contributed by atoms with E-state index in [4.69, 9.17) is 10.00 Å². The van der Waals surface area contributed by atoms with Gasteiger partial charge < -0.3 is 9.64 Å². The van der Waals surface area contributed by atoms with Crippen molar-refractivity contribution in [1.29, 1.82) is 5.26 Å². The minimum atomic E-state index is -0.315. The molecule has 0 spiro atoms. The van der Waals surface area contributed by atoms with E-state index in [1.807, 2.05) is 13.8 Å². The molecule has 0 aliphatic carbocycles. The monoisotopic (exact) mass is 251 g/mol. The summed E-state index contributed by atoms with van der Waals surface area (Å²) in [5.41, 5.74) is -0.315. The fourth-order valence-corrected chi connectivity index (χ4v) is 2.85. The van der Waals surface area contributed by atoms with E-state index < -0.39 is 0 Å². The van der Waals surface area contributed by atoms with Crippen LogP contribution in [0.3, 0.4) is 0 Å². The van der Waals surface area contributed by atoms with E-state index in [0.717, 1.165) is 45.3 Å². The molecule has 0 unspecified atom stereocenters. The van der Waals surface area contributed by atoms with E-state index >= 15 is 0 Å². The topological polar surface area (TPSA) is 39.5 Å². The van der Waals surface area contributed by atoms with E-state index in [0.29, 0.717) is 0 Å². The minimum Gasteiger partial charge on any atom is -0.381 e. The van der Waals surface area contributed by atoms with E-state index in [2.05, 4.69) is 15.9 Å². The van der Waals surface area contributed by atoms with Gasteiger partial charge in [0, 0.05) is 45.9 Å². The van der Waals surface area contributed by atoms with Gasteiger partial charge in [0.25, 0.3) is 0 Å². The Labute approximate surface area is 110 Å². The third-order valence-electron chi connectivity index (χ3n) is 4.29. The van der Waals surface area contributed by atoms with Crippen molar-refractivity contribution in [3.63, 3.8) is 0 Å². The molecule has 0 atom stereocenters. The highest BCUT2D eigenvalue weighted by Gasteiger charge is 2.30. The Bertz CT molecular complexity index is 297. The van der Waals surface area contributed by atoms with Gasteiger partial charge in [-0.05, 0) is 32.6 Å². The highest BCUT2D eigenvalue weighted by Crippen LogP contribution is 2.19. The maximum Gasteiger partial charge on any atom is 0.103 e. The first-order valence-electron chi connectivity index (χ1n) is 7.08. The first-order valence-corrected chi connectivity index (χ1v) is 7.08. The molecular formula is C14H25N3O. The smallest absolute Gasteiger partial charge is 0.103 e. The molecular weight excluding hydrogens is 226 g/mol. The quantitative estimate of drug-likeness (QED) is 0.759. The zero-order valence-corrected chi connectivity index (χ0v) is 11.7. The SMILES string of the molecule is CC(C)(C#N)N1CCN(CC2CCOCC2)CC1. The van der Waals surface area contributed by atoms with Gasteiger partial charge in [-0.1, -0.05) is 0 Å². The number of rotatable bonds is 3. The predicted octanol–water partition coefficient (Wildman–Crippen LogP) is 1.33. The molecule has 2 fully saturated rings. The number of piperazine rings is 1. The standard InChI is InChI=1S/C14H25N3O/c1-14(2,12-15)17-7-5-16(6-8-17)11-13-3-9-18-10-4-13/h13H,3-11H2,1-2H3. The van der Waals surface area contributed by atoms with Crippen molar-refractivity contribution >= 4 is 0 Å². The molecule has 102 valence electrons. The van der Waals surface area contributed by atoms with E-state index in [-0.39, 0.29) is 5.54 Å². The third kappa shape index (κ3) is 3.44. The molecule has 2 heterocycles. The van der Waals surface area contributed by atoms with Crippen molar-refractivity contribution in [2.45, 2.75) is 32.2 Å². The Balaban J connectivity index is 1.75. The Morgan fingerprint density at radius 1 is 1.17 bits per heavy atom. The van der Waals surface area contributed by atoms with Crippen molar-refractivity contribution < 1.29 is 4.74 Å². The molecule has 0 aromatic rings. The Hall–Kier alpha value is -0.630. The van der Waals surface area contributed by atoms with Crippen LogP contribution in [-0.2, 0) is 4.74 Å².